The van der Waals surface area contributed by atoms with E-state index in [-0.39, 0.29) is 0 Å². The van der Waals surface area contributed by atoms with E-state index in [0.717, 1.165) is 4.47 Å². The van der Waals surface area contributed by atoms with Crippen molar-refractivity contribution in [2.45, 2.75) is 4.90 Å². The van der Waals surface area contributed by atoms with E-state index in [2.05, 4.69) is 15.9 Å². The van der Waals surface area contributed by atoms with Crippen LogP contribution in [0, 0.1) is 11.3 Å². The van der Waals surface area contributed by atoms with Crippen LogP contribution in [-0.2, 0) is 10.8 Å². The van der Waals surface area contributed by atoms with E-state index < -0.39 is 10.8 Å². The van der Waals surface area contributed by atoms with Crippen LogP contribution in [0.15, 0.2) is 27.6 Å². The normalized spacial score (nSPS) is 12.1. The average Bonchev–Trinajstić information content (AvgIpc) is 2.03. The Bertz CT molecular complexity index is 370. The third-order valence-electron chi connectivity index (χ3n) is 1.37. The minimum absolute atomic E-state index is 0.463. The molecule has 0 radical (unpaired) electrons. The Balaban J connectivity index is 3.32. The van der Waals surface area contributed by atoms with Gasteiger partial charge < -0.3 is 0 Å². The molecule has 0 aliphatic rings. The van der Waals surface area contributed by atoms with Crippen LogP contribution in [0.1, 0.15) is 5.56 Å². The van der Waals surface area contributed by atoms with Crippen LogP contribution < -0.4 is 0 Å². The molecule has 0 spiro atoms. The first-order chi connectivity index (χ1) is 5.65. The zero-order valence-corrected chi connectivity index (χ0v) is 8.78. The minimum atomic E-state index is -1.09. The molecule has 62 valence electrons. The van der Waals surface area contributed by atoms with Crippen LogP contribution in [0.25, 0.3) is 0 Å². The number of nitrogens with zero attached hydrogens (tertiary/aromatic N) is 1. The minimum Gasteiger partial charge on any atom is -0.255 e. The number of hydrogen-bond acceptors (Lipinski definition) is 2. The van der Waals surface area contributed by atoms with Crippen LogP contribution in [0.3, 0.4) is 0 Å². The molecule has 0 fully saturated rings. The lowest BCUT2D eigenvalue weighted by molar-refractivity contribution is 0.686. The van der Waals surface area contributed by atoms with Gasteiger partial charge >= 0.3 is 0 Å². The van der Waals surface area contributed by atoms with Gasteiger partial charge in [0.2, 0.25) is 0 Å². The van der Waals surface area contributed by atoms with Crippen molar-refractivity contribution in [3.63, 3.8) is 0 Å². The van der Waals surface area contributed by atoms with Gasteiger partial charge in [-0.3, -0.25) is 4.21 Å². The Hall–Kier alpha value is -0.660. The van der Waals surface area contributed by atoms with Crippen molar-refractivity contribution in [1.82, 2.24) is 0 Å². The Morgan fingerprint density at radius 2 is 2.25 bits per heavy atom. The number of halogens is 1. The van der Waals surface area contributed by atoms with Gasteiger partial charge in [0.05, 0.1) is 21.3 Å². The summed E-state index contributed by atoms with van der Waals surface area (Å²) in [5.74, 6) is 0. The summed E-state index contributed by atoms with van der Waals surface area (Å²) in [6, 6.07) is 7.13. The van der Waals surface area contributed by atoms with Crippen molar-refractivity contribution in [3.05, 3.63) is 28.2 Å². The maximum absolute atomic E-state index is 11.1. The summed E-state index contributed by atoms with van der Waals surface area (Å²) in [4.78, 5) is 0.584. The maximum Gasteiger partial charge on any atom is 0.100 e. The van der Waals surface area contributed by atoms with Crippen LogP contribution in [0.5, 0.6) is 0 Å². The van der Waals surface area contributed by atoms with E-state index in [4.69, 9.17) is 5.26 Å². The highest BCUT2D eigenvalue weighted by Gasteiger charge is 2.04. The molecular weight excluding hydrogens is 238 g/mol. The molecule has 1 atom stereocenters. The fourth-order valence-corrected chi connectivity index (χ4v) is 1.88. The molecule has 0 aliphatic carbocycles. The highest BCUT2D eigenvalue weighted by molar-refractivity contribution is 9.10. The molecule has 1 aromatic carbocycles. The zero-order chi connectivity index (χ0) is 9.14. The highest BCUT2D eigenvalue weighted by Crippen LogP contribution is 2.17. The van der Waals surface area contributed by atoms with Gasteiger partial charge in [-0.05, 0) is 18.2 Å². The van der Waals surface area contributed by atoms with Crippen molar-refractivity contribution in [2.75, 3.05) is 6.26 Å². The van der Waals surface area contributed by atoms with E-state index in [0.29, 0.717) is 10.5 Å². The Labute approximate surface area is 81.8 Å². The number of benzene rings is 1. The molecule has 2 nitrogen and oxygen atoms in total. The molecular formula is C8H6BrNOS. The molecule has 0 heterocycles. The number of nitriles is 1. The third-order valence-corrected chi connectivity index (χ3v) is 2.84. The molecule has 0 saturated carbocycles. The monoisotopic (exact) mass is 243 g/mol. The van der Waals surface area contributed by atoms with E-state index in [9.17, 15) is 4.21 Å². The van der Waals surface area contributed by atoms with Crippen LogP contribution in [0.2, 0.25) is 0 Å². The zero-order valence-electron chi connectivity index (χ0n) is 6.37. The summed E-state index contributed by atoms with van der Waals surface area (Å²) in [7, 11) is -1.09. The van der Waals surface area contributed by atoms with Gasteiger partial charge in [0.15, 0.2) is 0 Å². The topological polar surface area (TPSA) is 40.9 Å². The van der Waals surface area contributed by atoms with Gasteiger partial charge in [0.25, 0.3) is 0 Å². The summed E-state index contributed by atoms with van der Waals surface area (Å²) in [5, 5.41) is 8.69. The first kappa shape index (κ1) is 9.43. The van der Waals surface area contributed by atoms with Gasteiger partial charge in [-0.25, -0.2) is 0 Å². The smallest absolute Gasteiger partial charge is 0.100 e. The average molecular weight is 244 g/mol. The van der Waals surface area contributed by atoms with Crippen molar-refractivity contribution in [2.24, 2.45) is 0 Å². The molecule has 0 N–H and O–H groups in total. The van der Waals surface area contributed by atoms with Crippen molar-refractivity contribution in [1.29, 1.82) is 5.26 Å². The quantitative estimate of drug-likeness (QED) is 0.758. The molecule has 0 amide bonds. The first-order valence-corrected chi connectivity index (χ1v) is 5.53. The predicted octanol–water partition coefficient (Wildman–Crippen LogP) is 2.06. The standard InChI is InChI=1S/C8H6BrNOS/c1-12(11)8-3-2-7(9)4-6(8)5-10/h2-4H,1H3. The largest absolute Gasteiger partial charge is 0.255 e. The lowest BCUT2D eigenvalue weighted by atomic mass is 10.2. The lowest BCUT2D eigenvalue weighted by Gasteiger charge is -1.98. The second-order valence-corrected chi connectivity index (χ2v) is 4.47. The van der Waals surface area contributed by atoms with E-state index in [1.807, 2.05) is 6.07 Å². The predicted molar refractivity (Wildman–Crippen MR) is 51.2 cm³/mol. The van der Waals surface area contributed by atoms with Crippen molar-refractivity contribution in [3.8, 4) is 6.07 Å². The summed E-state index contributed by atoms with van der Waals surface area (Å²) >= 11 is 3.24. The van der Waals surface area contributed by atoms with Crippen molar-refractivity contribution >= 4 is 26.7 Å². The molecule has 4 heteroatoms. The second-order valence-electron chi connectivity index (χ2n) is 2.21. The molecule has 1 rings (SSSR count). The fourth-order valence-electron chi connectivity index (χ4n) is 0.840. The highest BCUT2D eigenvalue weighted by atomic mass is 79.9. The van der Waals surface area contributed by atoms with Crippen molar-refractivity contribution < 1.29 is 4.21 Å². The van der Waals surface area contributed by atoms with E-state index >= 15 is 0 Å². The Morgan fingerprint density at radius 3 is 2.75 bits per heavy atom. The van der Waals surface area contributed by atoms with Crippen LogP contribution in [-0.4, -0.2) is 10.5 Å². The summed E-state index contributed by atoms with van der Waals surface area (Å²) in [6.07, 6.45) is 1.56. The lowest BCUT2D eigenvalue weighted by Crippen LogP contribution is -1.91. The summed E-state index contributed by atoms with van der Waals surface area (Å²) in [6.45, 7) is 0. The first-order valence-electron chi connectivity index (χ1n) is 3.18. The SMILES string of the molecule is CS(=O)c1ccc(Br)cc1C#N. The van der Waals surface area contributed by atoms with Crippen LogP contribution >= 0.6 is 15.9 Å². The molecule has 12 heavy (non-hydrogen) atoms. The molecule has 0 aliphatic heterocycles. The van der Waals surface area contributed by atoms with Gasteiger partial charge in [0.1, 0.15) is 6.07 Å². The van der Waals surface area contributed by atoms with Gasteiger partial charge in [0, 0.05) is 10.7 Å². The summed E-state index contributed by atoms with van der Waals surface area (Å²) < 4.78 is 11.9. The van der Waals surface area contributed by atoms with Gasteiger partial charge in [-0.1, -0.05) is 15.9 Å². The van der Waals surface area contributed by atoms with Gasteiger partial charge in [-0.15, -0.1) is 0 Å². The fraction of sp³-hybridized carbons (Fsp3) is 0.125. The third kappa shape index (κ3) is 1.93. The van der Waals surface area contributed by atoms with Gasteiger partial charge in [-0.2, -0.15) is 5.26 Å². The van der Waals surface area contributed by atoms with E-state index in [1.165, 1.54) is 0 Å². The summed E-state index contributed by atoms with van der Waals surface area (Å²) in [5.41, 5.74) is 0.463. The molecule has 0 bridgehead atoms. The van der Waals surface area contributed by atoms with Crippen LogP contribution in [0.4, 0.5) is 0 Å². The number of hydrogen-bond donors (Lipinski definition) is 0. The maximum atomic E-state index is 11.1. The molecule has 1 aromatic rings. The second kappa shape index (κ2) is 3.83. The Kier molecular flexibility index (Phi) is 3.01. The molecule has 1 unspecified atom stereocenters. The molecule has 0 saturated heterocycles. The Morgan fingerprint density at radius 1 is 1.58 bits per heavy atom. The molecule has 0 aromatic heterocycles. The van der Waals surface area contributed by atoms with E-state index in [1.54, 1.807) is 24.5 Å². The number of rotatable bonds is 1.